The lowest BCUT2D eigenvalue weighted by atomic mass is 10.2. The number of carbonyl (C=O) groups excluding carboxylic acids is 1. The lowest BCUT2D eigenvalue weighted by Gasteiger charge is -1.99. The summed E-state index contributed by atoms with van der Waals surface area (Å²) in [5.74, 6) is -0.850. The zero-order valence-corrected chi connectivity index (χ0v) is 9.27. The Hall–Kier alpha value is -1.91. The van der Waals surface area contributed by atoms with E-state index < -0.39 is 5.91 Å². The number of amides is 1. The fraction of sp³-hybridized carbons (Fsp3) is 0.273. The van der Waals surface area contributed by atoms with Gasteiger partial charge in [0.2, 0.25) is 5.91 Å². The fourth-order valence-electron chi connectivity index (χ4n) is 1.34. The van der Waals surface area contributed by atoms with Crippen LogP contribution in [0.1, 0.15) is 13.8 Å². The highest BCUT2D eigenvalue weighted by molar-refractivity contribution is 5.81. The molecule has 0 atom stereocenters. The average molecular weight is 223 g/mol. The van der Waals surface area contributed by atoms with Gasteiger partial charge < -0.3 is 5.73 Å². The summed E-state index contributed by atoms with van der Waals surface area (Å²) < 4.78 is 14.5. The van der Waals surface area contributed by atoms with E-state index in [0.29, 0.717) is 10.9 Å². The molecule has 0 aliphatic rings. The molecule has 1 heterocycles. The number of nitrogens with two attached hydrogens (primary N) is 1. The Balaban J connectivity index is 0.000000606. The summed E-state index contributed by atoms with van der Waals surface area (Å²) in [7, 11) is 0. The van der Waals surface area contributed by atoms with Gasteiger partial charge in [-0.1, -0.05) is 19.9 Å². The third kappa shape index (κ3) is 2.36. The van der Waals surface area contributed by atoms with E-state index in [1.54, 1.807) is 12.1 Å². The summed E-state index contributed by atoms with van der Waals surface area (Å²) in [6.45, 7) is 3.97. The van der Waals surface area contributed by atoms with Gasteiger partial charge in [0.25, 0.3) is 0 Å². The molecule has 86 valence electrons. The van der Waals surface area contributed by atoms with E-state index in [2.05, 4.69) is 5.10 Å². The number of halogens is 1. The van der Waals surface area contributed by atoms with E-state index in [0.717, 1.165) is 0 Å². The number of nitrogens with zero attached hydrogens (tertiary/aromatic N) is 2. The van der Waals surface area contributed by atoms with Gasteiger partial charge in [-0.15, -0.1) is 0 Å². The van der Waals surface area contributed by atoms with Crippen molar-refractivity contribution >= 4 is 16.8 Å². The molecule has 1 aromatic heterocycles. The van der Waals surface area contributed by atoms with Crippen LogP contribution in [0.2, 0.25) is 0 Å². The highest BCUT2D eigenvalue weighted by Gasteiger charge is 2.07. The molecule has 1 aromatic carbocycles. The Bertz CT molecular complexity index is 493. The first-order valence-electron chi connectivity index (χ1n) is 5.07. The molecule has 0 saturated carbocycles. The van der Waals surface area contributed by atoms with Crippen LogP contribution in [0.25, 0.3) is 10.9 Å². The van der Waals surface area contributed by atoms with Gasteiger partial charge >= 0.3 is 0 Å². The SMILES string of the molecule is CC.NC(=O)Cn1ncc2c(F)cccc21. The topological polar surface area (TPSA) is 60.9 Å². The number of benzene rings is 1. The van der Waals surface area contributed by atoms with Crippen LogP contribution in [-0.4, -0.2) is 15.7 Å². The number of aromatic nitrogens is 2. The number of rotatable bonds is 2. The van der Waals surface area contributed by atoms with Crippen molar-refractivity contribution in [1.29, 1.82) is 0 Å². The van der Waals surface area contributed by atoms with Crippen LogP contribution in [0.5, 0.6) is 0 Å². The maximum atomic E-state index is 13.2. The molecule has 1 amide bonds. The fourth-order valence-corrected chi connectivity index (χ4v) is 1.34. The van der Waals surface area contributed by atoms with E-state index in [9.17, 15) is 9.18 Å². The van der Waals surface area contributed by atoms with Crippen LogP contribution < -0.4 is 5.73 Å². The van der Waals surface area contributed by atoms with E-state index in [4.69, 9.17) is 5.73 Å². The van der Waals surface area contributed by atoms with Crippen molar-refractivity contribution in [3.05, 3.63) is 30.2 Å². The summed E-state index contributed by atoms with van der Waals surface area (Å²) >= 11 is 0. The van der Waals surface area contributed by atoms with Gasteiger partial charge in [0.1, 0.15) is 12.4 Å². The largest absolute Gasteiger partial charge is 0.368 e. The molecule has 16 heavy (non-hydrogen) atoms. The van der Waals surface area contributed by atoms with Crippen molar-refractivity contribution in [1.82, 2.24) is 9.78 Å². The lowest BCUT2D eigenvalue weighted by molar-refractivity contribution is -0.118. The molecule has 0 aliphatic heterocycles. The summed E-state index contributed by atoms with van der Waals surface area (Å²) in [5, 5.41) is 4.27. The van der Waals surface area contributed by atoms with Crippen LogP contribution in [0.15, 0.2) is 24.4 Å². The molecule has 0 radical (unpaired) electrons. The van der Waals surface area contributed by atoms with Crippen LogP contribution in [0, 0.1) is 5.82 Å². The van der Waals surface area contributed by atoms with E-state index >= 15 is 0 Å². The molecular formula is C11H14FN3O. The molecule has 0 aliphatic carbocycles. The predicted molar refractivity (Wildman–Crippen MR) is 60.2 cm³/mol. The van der Waals surface area contributed by atoms with Crippen LogP contribution >= 0.6 is 0 Å². The van der Waals surface area contributed by atoms with Crippen LogP contribution in [-0.2, 0) is 11.3 Å². The Morgan fingerprint density at radius 2 is 2.19 bits per heavy atom. The summed E-state index contributed by atoms with van der Waals surface area (Å²) in [4.78, 5) is 10.7. The molecule has 0 saturated heterocycles. The highest BCUT2D eigenvalue weighted by Crippen LogP contribution is 2.16. The molecular weight excluding hydrogens is 209 g/mol. The first-order chi connectivity index (χ1) is 7.68. The molecule has 2 rings (SSSR count). The van der Waals surface area contributed by atoms with Crippen molar-refractivity contribution in [2.45, 2.75) is 20.4 Å². The zero-order chi connectivity index (χ0) is 12.1. The highest BCUT2D eigenvalue weighted by atomic mass is 19.1. The van der Waals surface area contributed by atoms with Crippen LogP contribution in [0.3, 0.4) is 0 Å². The molecule has 2 N–H and O–H groups in total. The van der Waals surface area contributed by atoms with E-state index in [1.165, 1.54) is 16.9 Å². The summed E-state index contributed by atoms with van der Waals surface area (Å²) in [5.41, 5.74) is 5.59. The number of carbonyl (C=O) groups is 1. The zero-order valence-electron chi connectivity index (χ0n) is 9.27. The second-order valence-corrected chi connectivity index (χ2v) is 2.94. The second kappa shape index (κ2) is 5.25. The Labute approximate surface area is 92.9 Å². The normalized spacial score (nSPS) is 9.69. The maximum Gasteiger partial charge on any atom is 0.239 e. The second-order valence-electron chi connectivity index (χ2n) is 2.94. The molecule has 0 spiro atoms. The van der Waals surface area contributed by atoms with Gasteiger partial charge in [0.15, 0.2) is 0 Å². The monoisotopic (exact) mass is 223 g/mol. The van der Waals surface area contributed by atoms with Crippen molar-refractivity contribution in [2.75, 3.05) is 0 Å². The van der Waals surface area contributed by atoms with Gasteiger partial charge in [-0.2, -0.15) is 5.10 Å². The number of hydrogen-bond acceptors (Lipinski definition) is 2. The third-order valence-corrected chi connectivity index (χ3v) is 1.94. The summed E-state index contributed by atoms with van der Waals surface area (Å²) in [6.07, 6.45) is 1.38. The van der Waals surface area contributed by atoms with Crippen molar-refractivity contribution in [2.24, 2.45) is 5.73 Å². The van der Waals surface area contributed by atoms with Crippen molar-refractivity contribution in [3.8, 4) is 0 Å². The maximum absolute atomic E-state index is 13.2. The van der Waals surface area contributed by atoms with Gasteiger partial charge in [-0.3, -0.25) is 9.48 Å². The molecule has 0 bridgehead atoms. The van der Waals surface area contributed by atoms with Crippen molar-refractivity contribution in [3.63, 3.8) is 0 Å². The first kappa shape index (κ1) is 12.2. The molecule has 4 nitrogen and oxygen atoms in total. The average Bonchev–Trinajstić information content (AvgIpc) is 2.65. The quantitative estimate of drug-likeness (QED) is 0.842. The Morgan fingerprint density at radius 1 is 1.50 bits per heavy atom. The van der Waals surface area contributed by atoms with E-state index in [1.807, 2.05) is 13.8 Å². The minimum absolute atomic E-state index is 0.0348. The summed E-state index contributed by atoms with van der Waals surface area (Å²) in [6, 6.07) is 4.60. The molecule has 2 aromatic rings. The molecule has 0 unspecified atom stereocenters. The molecule has 5 heteroatoms. The third-order valence-electron chi connectivity index (χ3n) is 1.94. The standard InChI is InChI=1S/C9H8FN3O.C2H6/c10-7-2-1-3-8-6(7)4-12-13(8)5-9(11)14;1-2/h1-4H,5H2,(H2,11,14);1-2H3. The first-order valence-corrected chi connectivity index (χ1v) is 5.07. The number of fused-ring (bicyclic) bond motifs is 1. The molecule has 0 fully saturated rings. The van der Waals surface area contributed by atoms with Gasteiger partial charge in [0.05, 0.1) is 17.1 Å². The number of hydrogen-bond donors (Lipinski definition) is 1. The number of primary amides is 1. The smallest absolute Gasteiger partial charge is 0.239 e. The van der Waals surface area contributed by atoms with Gasteiger partial charge in [0, 0.05) is 0 Å². The van der Waals surface area contributed by atoms with Gasteiger partial charge in [-0.05, 0) is 12.1 Å². The Morgan fingerprint density at radius 3 is 2.81 bits per heavy atom. The minimum atomic E-state index is -0.501. The minimum Gasteiger partial charge on any atom is -0.368 e. The van der Waals surface area contributed by atoms with Crippen LogP contribution in [0.4, 0.5) is 4.39 Å². The lowest BCUT2D eigenvalue weighted by Crippen LogP contribution is -2.19. The van der Waals surface area contributed by atoms with Gasteiger partial charge in [-0.25, -0.2) is 4.39 Å². The van der Waals surface area contributed by atoms with Crippen molar-refractivity contribution < 1.29 is 9.18 Å². The van der Waals surface area contributed by atoms with E-state index in [-0.39, 0.29) is 12.4 Å². The predicted octanol–water partition coefficient (Wildman–Crippen LogP) is 1.69. The Kier molecular flexibility index (Phi) is 3.99.